The molecule has 1 fully saturated rings. The van der Waals surface area contributed by atoms with Gasteiger partial charge in [0.15, 0.2) is 11.6 Å². The zero-order valence-electron chi connectivity index (χ0n) is 12.6. The minimum absolute atomic E-state index is 0.327. The van der Waals surface area contributed by atoms with Crippen LogP contribution in [0.2, 0.25) is 0 Å². The van der Waals surface area contributed by atoms with Gasteiger partial charge in [-0.15, -0.1) is 0 Å². The second kappa shape index (κ2) is 5.31. The molecule has 0 aliphatic heterocycles. The molecule has 0 unspecified atom stereocenters. The van der Waals surface area contributed by atoms with Crippen molar-refractivity contribution >= 4 is 5.82 Å². The van der Waals surface area contributed by atoms with Crippen molar-refractivity contribution in [2.24, 2.45) is 0 Å². The maximum Gasteiger partial charge on any atom is 0.187 e. The number of rotatable bonds is 4. The number of ether oxygens (including phenoxy) is 1. The number of aromatic nitrogens is 3. The quantitative estimate of drug-likeness (QED) is 0.929. The molecule has 2 heterocycles. The summed E-state index contributed by atoms with van der Waals surface area (Å²) in [5, 5.41) is 0. The van der Waals surface area contributed by atoms with E-state index in [0.29, 0.717) is 29.2 Å². The molecule has 0 aromatic carbocycles. The highest BCUT2D eigenvalue weighted by Gasteiger charge is 2.26. The molecule has 5 nitrogen and oxygen atoms in total. The molecule has 2 aromatic heterocycles. The number of anilines is 1. The molecule has 5 heteroatoms. The van der Waals surface area contributed by atoms with Crippen LogP contribution in [0.4, 0.5) is 5.82 Å². The molecule has 0 bridgehead atoms. The molecule has 0 saturated heterocycles. The van der Waals surface area contributed by atoms with E-state index in [1.807, 2.05) is 12.3 Å². The smallest absolute Gasteiger partial charge is 0.187 e. The van der Waals surface area contributed by atoms with Gasteiger partial charge < -0.3 is 10.5 Å². The van der Waals surface area contributed by atoms with Crippen LogP contribution in [0.15, 0.2) is 18.5 Å². The van der Waals surface area contributed by atoms with E-state index < -0.39 is 0 Å². The van der Waals surface area contributed by atoms with Crippen LogP contribution < -0.4 is 10.5 Å². The summed E-state index contributed by atoms with van der Waals surface area (Å²) in [7, 11) is 0. The summed E-state index contributed by atoms with van der Waals surface area (Å²) in [4.78, 5) is 12.8. The normalized spacial score (nSPS) is 14.5. The van der Waals surface area contributed by atoms with Crippen LogP contribution in [0.3, 0.4) is 0 Å². The lowest BCUT2D eigenvalue weighted by atomic mass is 10.0. The van der Waals surface area contributed by atoms with Gasteiger partial charge in [-0.05, 0) is 25.7 Å². The van der Waals surface area contributed by atoms with Crippen molar-refractivity contribution in [1.82, 2.24) is 15.0 Å². The lowest BCUT2D eigenvalue weighted by Crippen LogP contribution is -2.02. The molecular weight excluding hydrogens is 264 g/mol. The number of nitrogens with two attached hydrogens (primary N) is 1. The maximum atomic E-state index is 5.99. The molecule has 1 aliphatic carbocycles. The third-order valence-corrected chi connectivity index (χ3v) is 3.66. The Bertz CT molecular complexity index is 665. The third kappa shape index (κ3) is 2.96. The zero-order chi connectivity index (χ0) is 15.0. The first-order valence-electron chi connectivity index (χ1n) is 7.31. The van der Waals surface area contributed by atoms with Crippen molar-refractivity contribution in [3.8, 4) is 11.5 Å². The van der Waals surface area contributed by atoms with E-state index in [-0.39, 0.29) is 0 Å². The Morgan fingerprint density at radius 1 is 1.19 bits per heavy atom. The monoisotopic (exact) mass is 284 g/mol. The first-order chi connectivity index (χ1) is 10.0. The van der Waals surface area contributed by atoms with Crippen LogP contribution in [-0.2, 0) is 0 Å². The minimum Gasteiger partial charge on any atom is -0.451 e. The predicted octanol–water partition coefficient (Wildman–Crippen LogP) is 3.56. The van der Waals surface area contributed by atoms with Crippen LogP contribution in [0.25, 0.3) is 0 Å². The van der Waals surface area contributed by atoms with Gasteiger partial charge in [-0.1, -0.05) is 13.8 Å². The SMILES string of the molecule is Cc1ncc(Oc2cc(C3CC3)ncc2C(C)C)c(N)n1. The highest BCUT2D eigenvalue weighted by molar-refractivity contribution is 5.48. The van der Waals surface area contributed by atoms with Crippen LogP contribution >= 0.6 is 0 Å². The maximum absolute atomic E-state index is 5.99. The molecule has 2 aromatic rings. The number of nitrogens with zero attached hydrogens (tertiary/aromatic N) is 3. The Kier molecular flexibility index (Phi) is 3.49. The van der Waals surface area contributed by atoms with Crippen molar-refractivity contribution in [2.75, 3.05) is 5.73 Å². The van der Waals surface area contributed by atoms with Crippen molar-refractivity contribution in [1.29, 1.82) is 0 Å². The summed E-state index contributed by atoms with van der Waals surface area (Å²) >= 11 is 0. The highest BCUT2D eigenvalue weighted by atomic mass is 16.5. The van der Waals surface area contributed by atoms with Crippen LogP contribution in [-0.4, -0.2) is 15.0 Å². The third-order valence-electron chi connectivity index (χ3n) is 3.66. The molecule has 1 saturated carbocycles. The van der Waals surface area contributed by atoms with Crippen molar-refractivity contribution in [2.45, 2.75) is 45.4 Å². The summed E-state index contributed by atoms with van der Waals surface area (Å²) < 4.78 is 5.99. The van der Waals surface area contributed by atoms with E-state index in [9.17, 15) is 0 Å². The van der Waals surface area contributed by atoms with Gasteiger partial charge in [-0.2, -0.15) is 0 Å². The number of pyridine rings is 1. The minimum atomic E-state index is 0.327. The number of aryl methyl sites for hydroxylation is 1. The molecule has 0 spiro atoms. The second-order valence-electron chi connectivity index (χ2n) is 5.84. The lowest BCUT2D eigenvalue weighted by molar-refractivity contribution is 0.468. The Labute approximate surface area is 124 Å². The van der Waals surface area contributed by atoms with Gasteiger partial charge in [0.2, 0.25) is 0 Å². The van der Waals surface area contributed by atoms with E-state index >= 15 is 0 Å². The van der Waals surface area contributed by atoms with Gasteiger partial charge in [-0.3, -0.25) is 4.98 Å². The first-order valence-corrected chi connectivity index (χ1v) is 7.31. The fraction of sp³-hybridized carbons (Fsp3) is 0.438. The molecule has 21 heavy (non-hydrogen) atoms. The van der Waals surface area contributed by atoms with Gasteiger partial charge in [0.1, 0.15) is 11.6 Å². The second-order valence-corrected chi connectivity index (χ2v) is 5.84. The Morgan fingerprint density at radius 3 is 2.57 bits per heavy atom. The predicted molar refractivity (Wildman–Crippen MR) is 81.6 cm³/mol. The van der Waals surface area contributed by atoms with Gasteiger partial charge in [0.05, 0.1) is 6.20 Å². The van der Waals surface area contributed by atoms with Gasteiger partial charge in [0, 0.05) is 29.4 Å². The average Bonchev–Trinajstić information content (AvgIpc) is 3.26. The molecule has 0 amide bonds. The Morgan fingerprint density at radius 2 is 1.95 bits per heavy atom. The highest BCUT2D eigenvalue weighted by Crippen LogP contribution is 2.42. The molecule has 2 N–H and O–H groups in total. The summed E-state index contributed by atoms with van der Waals surface area (Å²) in [6, 6.07) is 2.03. The molecule has 110 valence electrons. The molecular formula is C16H20N4O. The zero-order valence-corrected chi connectivity index (χ0v) is 12.6. The first kappa shape index (κ1) is 13.8. The summed E-state index contributed by atoms with van der Waals surface area (Å²) in [5.74, 6) is 3.21. The van der Waals surface area contributed by atoms with Gasteiger partial charge in [0.25, 0.3) is 0 Å². The summed E-state index contributed by atoms with van der Waals surface area (Å²) in [5.41, 5.74) is 8.08. The average molecular weight is 284 g/mol. The fourth-order valence-electron chi connectivity index (χ4n) is 2.26. The van der Waals surface area contributed by atoms with Gasteiger partial charge >= 0.3 is 0 Å². The van der Waals surface area contributed by atoms with Crippen molar-refractivity contribution in [3.05, 3.63) is 35.5 Å². The molecule has 1 aliphatic rings. The number of hydrogen-bond acceptors (Lipinski definition) is 5. The van der Waals surface area contributed by atoms with E-state index in [2.05, 4.69) is 28.8 Å². The largest absolute Gasteiger partial charge is 0.451 e. The molecule has 0 atom stereocenters. The number of hydrogen-bond donors (Lipinski definition) is 1. The number of nitrogen functional groups attached to an aromatic ring is 1. The summed E-state index contributed by atoms with van der Waals surface area (Å²) in [6.07, 6.45) is 5.96. The lowest BCUT2D eigenvalue weighted by Gasteiger charge is -2.15. The van der Waals surface area contributed by atoms with Crippen LogP contribution in [0.1, 0.15) is 55.6 Å². The van der Waals surface area contributed by atoms with E-state index in [1.165, 1.54) is 12.8 Å². The Balaban J connectivity index is 1.96. The van der Waals surface area contributed by atoms with Crippen molar-refractivity contribution < 1.29 is 4.74 Å². The molecule has 3 rings (SSSR count). The van der Waals surface area contributed by atoms with E-state index in [4.69, 9.17) is 10.5 Å². The standard InChI is InChI=1S/C16H20N4O/c1-9(2)12-7-19-13(11-4-5-11)6-14(12)21-15-8-18-10(3)20-16(15)17/h6-9,11H,4-5H2,1-3H3,(H2,17,18,20). The van der Waals surface area contributed by atoms with E-state index in [0.717, 1.165) is 17.0 Å². The van der Waals surface area contributed by atoms with Crippen molar-refractivity contribution in [3.63, 3.8) is 0 Å². The Hall–Kier alpha value is -2.17. The molecule has 0 radical (unpaired) electrons. The van der Waals surface area contributed by atoms with Gasteiger partial charge in [-0.25, -0.2) is 9.97 Å². The topological polar surface area (TPSA) is 73.9 Å². The fourth-order valence-corrected chi connectivity index (χ4v) is 2.26. The van der Waals surface area contributed by atoms with Crippen LogP contribution in [0.5, 0.6) is 11.5 Å². The van der Waals surface area contributed by atoms with E-state index in [1.54, 1.807) is 13.1 Å². The van der Waals surface area contributed by atoms with Crippen LogP contribution in [0, 0.1) is 6.92 Å². The summed E-state index contributed by atoms with van der Waals surface area (Å²) in [6.45, 7) is 6.04.